The molecule has 1 fully saturated rings. The molecule has 5 heteroatoms. The van der Waals surface area contributed by atoms with Crippen molar-refractivity contribution in [3.63, 3.8) is 0 Å². The van der Waals surface area contributed by atoms with E-state index in [1.807, 2.05) is 6.07 Å². The molecule has 1 aromatic carbocycles. The molecule has 5 nitrogen and oxygen atoms in total. The Morgan fingerprint density at radius 1 is 1.24 bits per heavy atom. The summed E-state index contributed by atoms with van der Waals surface area (Å²) in [5, 5.41) is 6.59. The van der Waals surface area contributed by atoms with Crippen LogP contribution < -0.4 is 24.8 Å². The Labute approximate surface area is 128 Å². The first-order valence-electron chi connectivity index (χ1n) is 8.34. The van der Waals surface area contributed by atoms with Crippen molar-refractivity contribution in [2.75, 3.05) is 39.7 Å². The lowest BCUT2D eigenvalue weighted by atomic mass is 9.92. The van der Waals surface area contributed by atoms with Gasteiger partial charge < -0.3 is 24.8 Å². The average Bonchev–Trinajstić information content (AvgIpc) is 3.22. The Bertz CT molecular complexity index is 589. The minimum atomic E-state index is -1.35. The molecule has 0 radical (unpaired) electrons. The van der Waals surface area contributed by atoms with E-state index in [1.165, 1.54) is 0 Å². The van der Waals surface area contributed by atoms with Gasteiger partial charge in [0, 0.05) is 21.2 Å². The van der Waals surface area contributed by atoms with Gasteiger partial charge in [0.05, 0.1) is 27.0 Å². The van der Waals surface area contributed by atoms with E-state index in [9.17, 15) is 0 Å². The van der Waals surface area contributed by atoms with E-state index in [0.717, 1.165) is 30.6 Å². The fourth-order valence-corrected chi connectivity index (χ4v) is 3.16. The molecular formula is C16H24N2O3. The molecule has 0 spiro atoms. The van der Waals surface area contributed by atoms with Crippen molar-refractivity contribution in [1.29, 1.82) is 0 Å². The SMILES string of the molecule is [2H]C([2H])(C1CNc2c1cc(OC)c(OC)c2OC)[C@H]1CCCN1. The molecule has 0 aliphatic carbocycles. The van der Waals surface area contributed by atoms with Gasteiger partial charge in [0.25, 0.3) is 0 Å². The molecule has 0 bridgehead atoms. The largest absolute Gasteiger partial charge is 0.493 e. The molecule has 1 unspecified atom stereocenters. The molecule has 116 valence electrons. The zero-order valence-corrected chi connectivity index (χ0v) is 12.8. The molecule has 1 saturated heterocycles. The molecule has 2 N–H and O–H groups in total. The van der Waals surface area contributed by atoms with Gasteiger partial charge in [-0.15, -0.1) is 0 Å². The molecule has 3 rings (SSSR count). The third-order valence-electron chi connectivity index (χ3n) is 4.18. The number of methoxy groups -OCH3 is 3. The van der Waals surface area contributed by atoms with Gasteiger partial charge in [0.15, 0.2) is 11.5 Å². The van der Waals surface area contributed by atoms with E-state index < -0.39 is 6.37 Å². The third kappa shape index (κ3) is 2.50. The van der Waals surface area contributed by atoms with Crippen molar-refractivity contribution in [2.24, 2.45) is 0 Å². The summed E-state index contributed by atoms with van der Waals surface area (Å²) in [7, 11) is 4.73. The topological polar surface area (TPSA) is 51.8 Å². The molecule has 2 aliphatic heterocycles. The highest BCUT2D eigenvalue weighted by Crippen LogP contribution is 2.50. The second-order valence-corrected chi connectivity index (χ2v) is 5.36. The van der Waals surface area contributed by atoms with Gasteiger partial charge in [-0.25, -0.2) is 0 Å². The average molecular weight is 294 g/mol. The fourth-order valence-electron chi connectivity index (χ4n) is 3.16. The Balaban J connectivity index is 2.05. The van der Waals surface area contributed by atoms with E-state index in [1.54, 1.807) is 21.3 Å². The molecule has 0 aromatic heterocycles. The lowest BCUT2D eigenvalue weighted by molar-refractivity contribution is 0.325. The molecule has 21 heavy (non-hydrogen) atoms. The Hall–Kier alpha value is -1.62. The summed E-state index contributed by atoms with van der Waals surface area (Å²) < 4.78 is 33.6. The Kier molecular flexibility index (Phi) is 3.43. The predicted octanol–water partition coefficient (Wildman–Crippen LogP) is 2.36. The summed E-state index contributed by atoms with van der Waals surface area (Å²) in [4.78, 5) is 0. The van der Waals surface area contributed by atoms with Crippen LogP contribution in [0.2, 0.25) is 0 Å². The maximum atomic E-state index is 8.66. The number of hydrogen-bond acceptors (Lipinski definition) is 5. The summed E-state index contributed by atoms with van der Waals surface area (Å²) in [6.07, 6.45) is 0.537. The Morgan fingerprint density at radius 2 is 2.05 bits per heavy atom. The van der Waals surface area contributed by atoms with Crippen LogP contribution in [0, 0.1) is 0 Å². The number of rotatable bonds is 5. The molecule has 2 atom stereocenters. The van der Waals surface area contributed by atoms with Gasteiger partial charge in [0.2, 0.25) is 5.75 Å². The number of anilines is 1. The summed E-state index contributed by atoms with van der Waals surface area (Å²) in [5.41, 5.74) is 1.69. The molecular weight excluding hydrogens is 268 g/mol. The highest BCUT2D eigenvalue weighted by Gasteiger charge is 2.32. The lowest BCUT2D eigenvalue weighted by Crippen LogP contribution is -2.24. The Morgan fingerprint density at radius 3 is 2.67 bits per heavy atom. The van der Waals surface area contributed by atoms with Gasteiger partial charge in [-0.3, -0.25) is 0 Å². The first-order valence-corrected chi connectivity index (χ1v) is 7.34. The molecule has 2 aliphatic rings. The van der Waals surface area contributed by atoms with Gasteiger partial charge in [-0.05, 0) is 37.4 Å². The first kappa shape index (κ1) is 12.0. The summed E-state index contributed by atoms with van der Waals surface area (Å²) in [6.45, 7) is 1.42. The summed E-state index contributed by atoms with van der Waals surface area (Å²) in [5.74, 6) is 1.40. The third-order valence-corrected chi connectivity index (χ3v) is 4.18. The van der Waals surface area contributed by atoms with Crippen LogP contribution in [0.1, 0.15) is 33.4 Å². The maximum Gasteiger partial charge on any atom is 0.205 e. The minimum Gasteiger partial charge on any atom is -0.493 e. The van der Waals surface area contributed by atoms with Crippen LogP contribution in [-0.4, -0.2) is 40.5 Å². The zero-order valence-electron chi connectivity index (χ0n) is 14.8. The van der Waals surface area contributed by atoms with Gasteiger partial charge in [-0.2, -0.15) is 0 Å². The smallest absolute Gasteiger partial charge is 0.205 e. The predicted molar refractivity (Wildman–Crippen MR) is 83.0 cm³/mol. The van der Waals surface area contributed by atoms with E-state index in [2.05, 4.69) is 10.6 Å². The number of nitrogens with one attached hydrogen (secondary N) is 2. The number of ether oxygens (including phenoxy) is 3. The molecule has 1 aromatic rings. The minimum absolute atomic E-state index is 0.126. The van der Waals surface area contributed by atoms with Crippen molar-refractivity contribution in [1.82, 2.24) is 5.32 Å². The van der Waals surface area contributed by atoms with Gasteiger partial charge in [-0.1, -0.05) is 0 Å². The van der Waals surface area contributed by atoms with Crippen molar-refractivity contribution in [2.45, 2.75) is 31.2 Å². The number of fused-ring (bicyclic) bond motifs is 1. The normalized spacial score (nSPS) is 25.7. The van der Waals surface area contributed by atoms with Crippen LogP contribution in [0.25, 0.3) is 0 Å². The standard InChI is InChI=1S/C16H24N2O3/c1-19-13-8-12-10(7-11-5-4-6-17-11)9-18-14(12)16(21-3)15(13)20-2/h8,10-11,17-18H,4-7,9H2,1-3H3/t10?,11-/m1/s1/i7D2. The van der Waals surface area contributed by atoms with Gasteiger partial charge in [0.1, 0.15) is 0 Å². The number of benzene rings is 1. The summed E-state index contributed by atoms with van der Waals surface area (Å²) in [6, 6.07) is 1.74. The van der Waals surface area contributed by atoms with Crippen molar-refractivity contribution in [3.8, 4) is 17.2 Å². The maximum absolute atomic E-state index is 8.66. The fraction of sp³-hybridized carbons (Fsp3) is 0.625. The first-order chi connectivity index (χ1) is 11.0. The molecule has 0 saturated carbocycles. The van der Waals surface area contributed by atoms with Gasteiger partial charge >= 0.3 is 0 Å². The van der Waals surface area contributed by atoms with Crippen LogP contribution in [0.4, 0.5) is 5.69 Å². The summed E-state index contributed by atoms with van der Waals surface area (Å²) >= 11 is 0. The van der Waals surface area contributed by atoms with Crippen molar-refractivity contribution < 1.29 is 17.0 Å². The molecule has 0 amide bonds. The zero-order chi connectivity index (χ0) is 16.6. The monoisotopic (exact) mass is 294 g/mol. The van der Waals surface area contributed by atoms with Crippen LogP contribution in [0.15, 0.2) is 6.07 Å². The van der Waals surface area contributed by atoms with E-state index in [0.29, 0.717) is 23.8 Å². The van der Waals surface area contributed by atoms with Crippen molar-refractivity contribution >= 4 is 5.69 Å². The quantitative estimate of drug-likeness (QED) is 0.873. The number of hydrogen-bond donors (Lipinski definition) is 2. The second-order valence-electron chi connectivity index (χ2n) is 5.36. The van der Waals surface area contributed by atoms with Crippen LogP contribution in [0.5, 0.6) is 17.2 Å². The van der Waals surface area contributed by atoms with Crippen LogP contribution in [0.3, 0.4) is 0 Å². The van der Waals surface area contributed by atoms with Crippen LogP contribution in [-0.2, 0) is 0 Å². The van der Waals surface area contributed by atoms with E-state index >= 15 is 0 Å². The highest BCUT2D eigenvalue weighted by molar-refractivity contribution is 5.75. The highest BCUT2D eigenvalue weighted by atomic mass is 16.5. The lowest BCUT2D eigenvalue weighted by Gasteiger charge is -2.19. The van der Waals surface area contributed by atoms with Crippen molar-refractivity contribution in [3.05, 3.63) is 11.6 Å². The van der Waals surface area contributed by atoms with Crippen LogP contribution >= 0.6 is 0 Å². The van der Waals surface area contributed by atoms with E-state index in [4.69, 9.17) is 17.0 Å². The molecule has 2 heterocycles. The van der Waals surface area contributed by atoms with E-state index in [-0.39, 0.29) is 12.0 Å². The second kappa shape index (κ2) is 6.02.